The van der Waals surface area contributed by atoms with Crippen LogP contribution >= 0.6 is 0 Å². The van der Waals surface area contributed by atoms with Gasteiger partial charge in [-0.2, -0.15) is 8.42 Å². The number of carbonyl (C=O) groups excluding carboxylic acids is 1. The van der Waals surface area contributed by atoms with Gasteiger partial charge in [-0.3, -0.25) is 4.55 Å². The van der Waals surface area contributed by atoms with Gasteiger partial charge in [0.25, 0.3) is 10.1 Å². The molecule has 11 heteroatoms. The summed E-state index contributed by atoms with van der Waals surface area (Å²) in [4.78, 5) is 11.6. The van der Waals surface area contributed by atoms with Gasteiger partial charge in [0, 0.05) is 39.0 Å². The third kappa shape index (κ3) is 11.8. The number of hydrogen-bond acceptors (Lipinski definition) is 6. The van der Waals surface area contributed by atoms with Crippen molar-refractivity contribution < 1.29 is 31.0 Å². The monoisotopic (exact) mass is 386 g/mol. The molecule has 0 aromatic rings. The van der Waals surface area contributed by atoms with Crippen molar-refractivity contribution in [2.24, 2.45) is 0 Å². The lowest BCUT2D eigenvalue weighted by Crippen LogP contribution is -2.46. The second-order valence-electron chi connectivity index (χ2n) is 4.91. The first-order valence-electron chi connectivity index (χ1n) is 8.17. The molecular formula is C13H30N2O7SSi. The molecule has 0 saturated heterocycles. The molecule has 0 fully saturated rings. The molecular weight excluding hydrogens is 356 g/mol. The zero-order valence-electron chi connectivity index (χ0n) is 14.7. The van der Waals surface area contributed by atoms with Crippen molar-refractivity contribution >= 4 is 25.0 Å². The Morgan fingerprint density at radius 2 is 1.42 bits per heavy atom. The highest BCUT2D eigenvalue weighted by Gasteiger charge is 2.39. The van der Waals surface area contributed by atoms with Crippen molar-refractivity contribution in [3.05, 3.63) is 0 Å². The molecule has 0 rings (SSSR count). The smallest absolute Gasteiger partial charge is 0.374 e. The molecule has 0 aliphatic rings. The summed E-state index contributed by atoms with van der Waals surface area (Å²) in [5, 5.41) is 5.19. The summed E-state index contributed by atoms with van der Waals surface area (Å²) in [6.07, 6.45) is 0.798. The van der Waals surface area contributed by atoms with Crippen LogP contribution in [0, 0.1) is 0 Å². The van der Waals surface area contributed by atoms with E-state index < -0.39 is 18.9 Å². The fourth-order valence-electron chi connectivity index (χ4n) is 2.03. The van der Waals surface area contributed by atoms with E-state index >= 15 is 0 Å². The van der Waals surface area contributed by atoms with E-state index in [4.69, 9.17) is 17.8 Å². The Labute approximate surface area is 145 Å². The Morgan fingerprint density at radius 1 is 0.958 bits per heavy atom. The summed E-state index contributed by atoms with van der Waals surface area (Å²) in [5.74, 6) is -0.377. The third-order valence-electron chi connectivity index (χ3n) is 2.90. The summed E-state index contributed by atoms with van der Waals surface area (Å²) in [5.41, 5.74) is 0. The molecule has 0 spiro atoms. The largest absolute Gasteiger partial charge is 0.500 e. The van der Waals surface area contributed by atoms with Crippen molar-refractivity contribution in [1.82, 2.24) is 10.6 Å². The molecule has 0 aliphatic carbocycles. The zero-order valence-corrected chi connectivity index (χ0v) is 16.5. The van der Waals surface area contributed by atoms with E-state index in [-0.39, 0.29) is 24.7 Å². The molecule has 0 aromatic heterocycles. The summed E-state index contributed by atoms with van der Waals surface area (Å²) in [6, 6.07) is 0.216. The second kappa shape index (κ2) is 12.6. The van der Waals surface area contributed by atoms with E-state index in [1.165, 1.54) is 0 Å². The highest BCUT2D eigenvalue weighted by molar-refractivity contribution is 7.85. The first-order chi connectivity index (χ1) is 11.3. The van der Waals surface area contributed by atoms with E-state index in [1.807, 2.05) is 20.8 Å². The van der Waals surface area contributed by atoms with Crippen LogP contribution in [0.5, 0.6) is 0 Å². The fourth-order valence-corrected chi connectivity index (χ4v) is 5.15. The van der Waals surface area contributed by atoms with Crippen molar-refractivity contribution in [2.75, 3.05) is 38.7 Å². The molecule has 2 amide bonds. The zero-order chi connectivity index (χ0) is 18.5. The van der Waals surface area contributed by atoms with Crippen LogP contribution < -0.4 is 10.6 Å². The maximum absolute atomic E-state index is 11.6. The number of carbonyl (C=O) groups is 1. The van der Waals surface area contributed by atoms with Crippen molar-refractivity contribution in [2.45, 2.75) is 39.7 Å². The second-order valence-corrected chi connectivity index (χ2v) is 9.21. The molecule has 0 aromatic carbocycles. The summed E-state index contributed by atoms with van der Waals surface area (Å²) >= 11 is 0. The Kier molecular flexibility index (Phi) is 12.2. The number of urea groups is 1. The van der Waals surface area contributed by atoms with Gasteiger partial charge in [0.05, 0.1) is 5.75 Å². The summed E-state index contributed by atoms with van der Waals surface area (Å²) in [6.45, 7) is 7.77. The fraction of sp³-hybridized carbons (Fsp3) is 0.923. The molecule has 0 unspecified atom stereocenters. The van der Waals surface area contributed by atoms with Crippen LogP contribution in [-0.2, 0) is 23.4 Å². The highest BCUT2D eigenvalue weighted by Crippen LogP contribution is 2.17. The van der Waals surface area contributed by atoms with Gasteiger partial charge in [-0.1, -0.05) is 0 Å². The van der Waals surface area contributed by atoms with Gasteiger partial charge < -0.3 is 23.9 Å². The van der Waals surface area contributed by atoms with Gasteiger partial charge in [0.1, 0.15) is 0 Å². The van der Waals surface area contributed by atoms with Crippen molar-refractivity contribution in [3.63, 3.8) is 0 Å². The lowest BCUT2D eigenvalue weighted by Gasteiger charge is -2.28. The number of hydrogen-bond donors (Lipinski definition) is 3. The molecule has 0 bridgehead atoms. The summed E-state index contributed by atoms with van der Waals surface area (Å²) < 4.78 is 46.8. The average Bonchev–Trinajstić information content (AvgIpc) is 2.48. The maximum atomic E-state index is 11.6. The van der Waals surface area contributed by atoms with Crippen molar-refractivity contribution in [1.29, 1.82) is 0 Å². The minimum atomic E-state index is -3.98. The normalized spacial score (nSPS) is 12.2. The quantitative estimate of drug-likeness (QED) is 0.231. The van der Waals surface area contributed by atoms with Crippen LogP contribution in [0.4, 0.5) is 4.79 Å². The van der Waals surface area contributed by atoms with Gasteiger partial charge in [-0.05, 0) is 33.6 Å². The van der Waals surface area contributed by atoms with Crippen LogP contribution in [-0.4, -0.2) is 66.5 Å². The predicted molar refractivity (Wildman–Crippen MR) is 92.5 cm³/mol. The number of nitrogens with one attached hydrogen (secondary N) is 2. The molecule has 0 heterocycles. The van der Waals surface area contributed by atoms with E-state index in [0.717, 1.165) is 0 Å². The molecule has 0 aliphatic heterocycles. The SMILES string of the molecule is CCO[Si](CCCNC(=O)NCCCS(=O)(=O)O)(OCC)OCC. The third-order valence-corrected chi connectivity index (χ3v) is 6.86. The highest BCUT2D eigenvalue weighted by atomic mass is 32.2. The van der Waals surface area contributed by atoms with E-state index in [0.29, 0.717) is 38.8 Å². The van der Waals surface area contributed by atoms with E-state index in [2.05, 4.69) is 10.6 Å². The Morgan fingerprint density at radius 3 is 1.83 bits per heavy atom. The Balaban J connectivity index is 4.04. The minimum absolute atomic E-state index is 0.154. The van der Waals surface area contributed by atoms with E-state index in [9.17, 15) is 13.2 Å². The Hall–Kier alpha value is -0.723. The molecule has 144 valence electrons. The molecule has 9 nitrogen and oxygen atoms in total. The van der Waals surface area contributed by atoms with E-state index in [1.54, 1.807) is 0 Å². The summed E-state index contributed by atoms with van der Waals surface area (Å²) in [7, 11) is -6.67. The predicted octanol–water partition coefficient (Wildman–Crippen LogP) is 1.00. The molecule has 3 N–H and O–H groups in total. The lowest BCUT2D eigenvalue weighted by molar-refractivity contribution is 0.0708. The molecule has 0 atom stereocenters. The lowest BCUT2D eigenvalue weighted by atomic mass is 10.4. The van der Waals surface area contributed by atoms with Gasteiger partial charge >= 0.3 is 14.8 Å². The van der Waals surface area contributed by atoms with Crippen LogP contribution in [0.25, 0.3) is 0 Å². The topological polar surface area (TPSA) is 123 Å². The van der Waals surface area contributed by atoms with Crippen LogP contribution in [0.2, 0.25) is 6.04 Å². The molecule has 0 radical (unpaired) electrons. The first-order valence-corrected chi connectivity index (χ1v) is 11.7. The van der Waals surface area contributed by atoms with Crippen molar-refractivity contribution in [3.8, 4) is 0 Å². The maximum Gasteiger partial charge on any atom is 0.500 e. The van der Waals surface area contributed by atoms with Gasteiger partial charge in [0.2, 0.25) is 0 Å². The molecule has 0 saturated carbocycles. The number of amides is 2. The average molecular weight is 387 g/mol. The minimum Gasteiger partial charge on any atom is -0.374 e. The molecule has 24 heavy (non-hydrogen) atoms. The van der Waals surface area contributed by atoms with Gasteiger partial charge in [-0.15, -0.1) is 0 Å². The van der Waals surface area contributed by atoms with Gasteiger partial charge in [-0.25, -0.2) is 4.79 Å². The van der Waals surface area contributed by atoms with Crippen LogP contribution in [0.1, 0.15) is 33.6 Å². The van der Waals surface area contributed by atoms with Crippen LogP contribution in [0.15, 0.2) is 0 Å². The standard InChI is InChI=1S/C13H30N2O7SSi/c1-4-20-24(21-5-2,22-6-3)12-8-10-15-13(16)14-9-7-11-23(17,18)19/h4-12H2,1-3H3,(H2,14,15,16)(H,17,18,19). The van der Waals surface area contributed by atoms with Gasteiger partial charge in [0.15, 0.2) is 0 Å². The number of rotatable bonds is 14. The Bertz CT molecular complexity index is 431. The first kappa shape index (κ1) is 23.3. The van der Waals surface area contributed by atoms with Crippen LogP contribution in [0.3, 0.4) is 0 Å².